The maximum absolute atomic E-state index is 14.1. The molecule has 2 aromatic heterocycles. The van der Waals surface area contributed by atoms with Gasteiger partial charge in [-0.1, -0.05) is 11.6 Å². The Morgan fingerprint density at radius 1 is 1.27 bits per heavy atom. The van der Waals surface area contributed by atoms with Gasteiger partial charge in [0.15, 0.2) is 17.4 Å². The molecule has 3 unspecified atom stereocenters. The molecule has 0 amide bonds. The number of aromatic nitrogens is 4. The van der Waals surface area contributed by atoms with E-state index < -0.39 is 49.9 Å². The van der Waals surface area contributed by atoms with Crippen molar-refractivity contribution < 1.29 is 42.8 Å². The highest BCUT2D eigenvalue weighted by Crippen LogP contribution is 2.53. The second-order valence-corrected chi connectivity index (χ2v) is 12.5. The molecular formula is C25H31ClN5O9P. The van der Waals surface area contributed by atoms with Crippen molar-refractivity contribution in [2.75, 3.05) is 13.7 Å². The minimum Gasteiger partial charge on any atom is -0.479 e. The normalized spacial score (nSPS) is 26.6. The van der Waals surface area contributed by atoms with E-state index in [1.54, 1.807) is 26.0 Å². The summed E-state index contributed by atoms with van der Waals surface area (Å²) in [6.07, 6.45) is -0.835. The zero-order valence-electron chi connectivity index (χ0n) is 22.8. The minimum atomic E-state index is -4.29. The van der Waals surface area contributed by atoms with Crippen molar-refractivity contribution in [3.8, 4) is 11.6 Å². The molecular weight excluding hydrogens is 581 g/mol. The molecule has 0 spiro atoms. The zero-order chi connectivity index (χ0) is 29.6. The molecule has 16 heteroatoms. The molecule has 14 nitrogen and oxygen atoms in total. The number of hydrogen-bond donors (Lipinski definition) is 3. The van der Waals surface area contributed by atoms with Gasteiger partial charge in [0, 0.05) is 5.02 Å². The summed E-state index contributed by atoms with van der Waals surface area (Å²) in [4.78, 5) is 25.3. The number of fused-ring (bicyclic) bond motifs is 1. The monoisotopic (exact) mass is 611 g/mol. The number of ether oxygens (including phenoxy) is 3. The van der Waals surface area contributed by atoms with Crippen LogP contribution in [0.4, 0.5) is 0 Å². The highest BCUT2D eigenvalue weighted by molar-refractivity contribution is 7.52. The van der Waals surface area contributed by atoms with Gasteiger partial charge < -0.3 is 28.9 Å². The smallest absolute Gasteiger partial charge is 0.459 e. The van der Waals surface area contributed by atoms with Crippen molar-refractivity contribution in [2.45, 2.75) is 69.3 Å². The van der Waals surface area contributed by atoms with E-state index in [0.29, 0.717) is 29.0 Å². The summed E-state index contributed by atoms with van der Waals surface area (Å²) in [7, 11) is -2.85. The number of benzene rings is 1. The summed E-state index contributed by atoms with van der Waals surface area (Å²) in [5.41, 5.74) is -2.47. The quantitative estimate of drug-likeness (QED) is 0.213. The third-order valence-electron chi connectivity index (χ3n) is 6.81. The lowest BCUT2D eigenvalue weighted by molar-refractivity contribution is -0.150. The standard InChI is InChI=1S/C25H31ClN5O9P/c1-14(2)38-23(33)25(9-10-25)30-41(35,40-16-7-5-15(26)6-8-16)37-11-17-19(32)24(3,34)22(39-17)31-13-29-18-20(31)27-12-28-21(18)36-4/h5-8,12-14,17,19,22,32,34H,9-11H2,1-4H3,(H,30,35)/t17?,19-,22?,24-,41?/m1/s1. The van der Waals surface area contributed by atoms with Crippen LogP contribution in [0.5, 0.6) is 11.6 Å². The molecule has 0 bridgehead atoms. The molecule has 1 saturated carbocycles. The number of methoxy groups -OCH3 is 1. The molecule has 3 N–H and O–H groups in total. The number of aliphatic hydroxyl groups excluding tert-OH is 1. The Balaban J connectivity index is 1.37. The zero-order valence-corrected chi connectivity index (χ0v) is 24.4. The predicted octanol–water partition coefficient (Wildman–Crippen LogP) is 2.78. The van der Waals surface area contributed by atoms with Gasteiger partial charge in [0.05, 0.1) is 26.1 Å². The van der Waals surface area contributed by atoms with Gasteiger partial charge in [-0.25, -0.2) is 14.5 Å². The van der Waals surface area contributed by atoms with E-state index in [0.717, 1.165) is 0 Å². The fourth-order valence-electron chi connectivity index (χ4n) is 4.49. The Kier molecular flexibility index (Phi) is 8.03. The Bertz CT molecular complexity index is 1460. The largest absolute Gasteiger partial charge is 0.479 e. The lowest BCUT2D eigenvalue weighted by Gasteiger charge is -2.27. The average molecular weight is 612 g/mol. The summed E-state index contributed by atoms with van der Waals surface area (Å²) >= 11 is 5.97. The van der Waals surface area contributed by atoms with Crippen LogP contribution < -0.4 is 14.3 Å². The fourth-order valence-corrected chi connectivity index (χ4v) is 6.36. The summed E-state index contributed by atoms with van der Waals surface area (Å²) < 4.78 is 43.5. The molecule has 41 heavy (non-hydrogen) atoms. The highest BCUT2D eigenvalue weighted by atomic mass is 35.5. The molecule has 222 valence electrons. The second kappa shape index (κ2) is 11.1. The van der Waals surface area contributed by atoms with Crippen LogP contribution in [-0.4, -0.2) is 78.9 Å². The third-order valence-corrected chi connectivity index (χ3v) is 8.70. The Morgan fingerprint density at radius 2 is 1.98 bits per heavy atom. The number of imidazole rings is 1. The van der Waals surface area contributed by atoms with Crippen LogP contribution in [0, 0.1) is 0 Å². The topological polar surface area (TPSA) is 176 Å². The number of hydrogen-bond acceptors (Lipinski definition) is 12. The lowest BCUT2D eigenvalue weighted by Crippen LogP contribution is -2.45. The number of rotatable bonds is 11. The molecule has 5 atom stereocenters. The predicted molar refractivity (Wildman–Crippen MR) is 144 cm³/mol. The van der Waals surface area contributed by atoms with Gasteiger partial charge >= 0.3 is 13.7 Å². The summed E-state index contributed by atoms with van der Waals surface area (Å²) in [5.74, 6) is -0.196. The molecule has 1 aliphatic heterocycles. The molecule has 1 aromatic carbocycles. The maximum atomic E-state index is 14.1. The van der Waals surface area contributed by atoms with Gasteiger partial charge in [-0.3, -0.25) is 13.9 Å². The van der Waals surface area contributed by atoms with Gasteiger partial charge in [0.1, 0.15) is 35.4 Å². The van der Waals surface area contributed by atoms with Crippen LogP contribution in [0.25, 0.3) is 11.2 Å². The first-order chi connectivity index (χ1) is 19.4. The maximum Gasteiger partial charge on any atom is 0.459 e. The van der Waals surface area contributed by atoms with E-state index in [2.05, 4.69) is 20.0 Å². The van der Waals surface area contributed by atoms with Crippen molar-refractivity contribution in [1.82, 2.24) is 24.6 Å². The first-order valence-electron chi connectivity index (χ1n) is 12.9. The van der Waals surface area contributed by atoms with Crippen molar-refractivity contribution in [3.63, 3.8) is 0 Å². The van der Waals surface area contributed by atoms with Crippen LogP contribution in [-0.2, 0) is 23.4 Å². The number of nitrogens with zero attached hydrogens (tertiary/aromatic N) is 4. The summed E-state index contributed by atoms with van der Waals surface area (Å²) in [5, 5.41) is 25.5. The van der Waals surface area contributed by atoms with Crippen molar-refractivity contribution in [2.24, 2.45) is 0 Å². The summed E-state index contributed by atoms with van der Waals surface area (Å²) in [6, 6.07) is 6.07. The van der Waals surface area contributed by atoms with Crippen LogP contribution in [0.3, 0.4) is 0 Å². The minimum absolute atomic E-state index is 0.162. The molecule has 1 aliphatic carbocycles. The van der Waals surface area contributed by atoms with E-state index in [1.165, 1.54) is 43.4 Å². The van der Waals surface area contributed by atoms with Gasteiger partial charge in [0.2, 0.25) is 5.88 Å². The average Bonchev–Trinajstić information content (AvgIpc) is 3.51. The molecule has 2 fully saturated rings. The molecule has 3 aromatic rings. The van der Waals surface area contributed by atoms with Gasteiger partial charge in [-0.2, -0.15) is 10.1 Å². The highest BCUT2D eigenvalue weighted by Gasteiger charge is 2.58. The van der Waals surface area contributed by atoms with Crippen molar-refractivity contribution in [3.05, 3.63) is 41.9 Å². The van der Waals surface area contributed by atoms with E-state index in [4.69, 9.17) is 34.9 Å². The van der Waals surface area contributed by atoms with Crippen LogP contribution in [0.2, 0.25) is 5.02 Å². The number of nitrogens with one attached hydrogen (secondary N) is 1. The Hall–Kier alpha value is -2.84. The number of halogens is 1. The van der Waals surface area contributed by atoms with E-state index in [-0.39, 0.29) is 17.7 Å². The molecule has 2 aliphatic rings. The van der Waals surface area contributed by atoms with Crippen molar-refractivity contribution in [1.29, 1.82) is 0 Å². The molecule has 5 rings (SSSR count). The molecule has 3 heterocycles. The van der Waals surface area contributed by atoms with E-state index in [1.807, 2.05) is 0 Å². The first-order valence-corrected chi connectivity index (χ1v) is 14.8. The molecule has 1 saturated heterocycles. The van der Waals surface area contributed by atoms with Crippen LogP contribution in [0.15, 0.2) is 36.9 Å². The number of aliphatic hydroxyl groups is 2. The Labute approximate surface area is 240 Å². The van der Waals surface area contributed by atoms with Gasteiger partial charge in [0.25, 0.3) is 0 Å². The Morgan fingerprint density at radius 3 is 2.61 bits per heavy atom. The fraction of sp³-hybridized carbons (Fsp3) is 0.520. The number of carbonyl (C=O) groups is 1. The van der Waals surface area contributed by atoms with Gasteiger partial charge in [-0.15, -0.1) is 0 Å². The number of carbonyl (C=O) groups excluding carboxylic acids is 1. The lowest BCUT2D eigenvalue weighted by atomic mass is 9.96. The first kappa shape index (κ1) is 29.6. The second-order valence-electron chi connectivity index (χ2n) is 10.4. The van der Waals surface area contributed by atoms with E-state index in [9.17, 15) is 19.6 Å². The third kappa shape index (κ3) is 5.91. The number of esters is 1. The SMILES string of the molecule is COc1ncnc2c1ncn2C1OC(COP(=O)(NC2(C(=O)OC(C)C)CC2)Oc2ccc(Cl)cc2)[C@@H](O)[C@@]1(C)O. The van der Waals surface area contributed by atoms with Crippen LogP contribution >= 0.6 is 19.3 Å². The van der Waals surface area contributed by atoms with E-state index >= 15 is 0 Å². The van der Waals surface area contributed by atoms with Crippen molar-refractivity contribution >= 4 is 36.5 Å². The van der Waals surface area contributed by atoms with Crippen LogP contribution in [0.1, 0.15) is 39.8 Å². The van der Waals surface area contributed by atoms with Gasteiger partial charge in [-0.05, 0) is 57.9 Å². The molecule has 0 radical (unpaired) electrons. The summed E-state index contributed by atoms with van der Waals surface area (Å²) in [6.45, 7) is 4.32.